The lowest BCUT2D eigenvalue weighted by Crippen LogP contribution is -2.17. The summed E-state index contributed by atoms with van der Waals surface area (Å²) in [7, 11) is 8.36. The van der Waals surface area contributed by atoms with Gasteiger partial charge >= 0.3 is 11.9 Å². The third-order valence-electron chi connectivity index (χ3n) is 4.75. The molecule has 0 saturated carbocycles. The van der Waals surface area contributed by atoms with Crippen molar-refractivity contribution in [3.05, 3.63) is 47.5 Å². The summed E-state index contributed by atoms with van der Waals surface area (Å²) in [6.45, 7) is 4.03. The molecule has 2 aromatic carbocycles. The number of halogens is 2. The van der Waals surface area contributed by atoms with E-state index >= 15 is 0 Å². The first-order chi connectivity index (χ1) is 15.2. The van der Waals surface area contributed by atoms with E-state index in [1.54, 1.807) is 12.1 Å². The van der Waals surface area contributed by atoms with Gasteiger partial charge in [-0.15, -0.1) is 24.8 Å². The fourth-order valence-electron chi connectivity index (χ4n) is 3.11. The van der Waals surface area contributed by atoms with Gasteiger partial charge < -0.3 is 29.2 Å². The fourth-order valence-corrected chi connectivity index (χ4v) is 3.11. The number of nitrogens with zero attached hydrogens (tertiary/aromatic N) is 2. The van der Waals surface area contributed by atoms with Gasteiger partial charge in [-0.3, -0.25) is 0 Å². The molecule has 0 fully saturated rings. The summed E-state index contributed by atoms with van der Waals surface area (Å²) in [6, 6.07) is 9.00. The Morgan fingerprint density at radius 2 is 1.15 bits per heavy atom. The Morgan fingerprint density at radius 3 is 1.47 bits per heavy atom. The van der Waals surface area contributed by atoms with E-state index in [1.165, 1.54) is 24.3 Å². The van der Waals surface area contributed by atoms with Crippen LogP contribution in [0.15, 0.2) is 40.8 Å². The highest BCUT2D eigenvalue weighted by Gasteiger charge is 2.12. The van der Waals surface area contributed by atoms with Gasteiger partial charge in [0.15, 0.2) is 0 Å². The zero-order valence-electron chi connectivity index (χ0n) is 19.9. The van der Waals surface area contributed by atoms with Crippen LogP contribution in [-0.4, -0.2) is 86.4 Å². The Labute approximate surface area is 212 Å². The number of rotatable bonds is 10. The van der Waals surface area contributed by atoms with Crippen LogP contribution in [0.3, 0.4) is 0 Å². The number of fused-ring (bicyclic) bond motifs is 3. The molecule has 2 N–H and O–H groups in total. The number of carboxylic acids is 2. The molecule has 10 heteroatoms. The van der Waals surface area contributed by atoms with Gasteiger partial charge in [0.05, 0.1) is 11.1 Å². The van der Waals surface area contributed by atoms with Crippen molar-refractivity contribution in [3.8, 4) is 0 Å². The van der Waals surface area contributed by atoms with Gasteiger partial charge in [-0.25, -0.2) is 9.59 Å². The fraction of sp³-hybridized carbons (Fsp3) is 0.417. The van der Waals surface area contributed by atoms with Crippen molar-refractivity contribution in [3.63, 3.8) is 0 Å². The third kappa shape index (κ3) is 9.87. The monoisotopic (exact) mass is 516 g/mol. The van der Waals surface area contributed by atoms with Crippen molar-refractivity contribution in [2.45, 2.75) is 12.8 Å². The Hall–Kier alpha value is -2.36. The van der Waals surface area contributed by atoms with Crippen LogP contribution in [0, 0.1) is 0 Å². The van der Waals surface area contributed by atoms with Gasteiger partial charge in [0, 0.05) is 24.0 Å². The topological polar surface area (TPSA) is 103 Å². The first kappa shape index (κ1) is 31.6. The number of hydrogen-bond donors (Lipinski definition) is 2. The number of ether oxygens (including phenoxy) is 1. The van der Waals surface area contributed by atoms with Crippen molar-refractivity contribution in [2.24, 2.45) is 0 Å². The summed E-state index contributed by atoms with van der Waals surface area (Å²) in [5.74, 6) is -2.07. The molecule has 0 atom stereocenters. The molecule has 8 nitrogen and oxygen atoms in total. The summed E-state index contributed by atoms with van der Waals surface area (Å²) in [5.41, 5.74) is 1.33. The molecule has 190 valence electrons. The van der Waals surface area contributed by atoms with Crippen LogP contribution in [0.2, 0.25) is 0 Å². The van der Waals surface area contributed by atoms with Crippen LogP contribution >= 0.6 is 24.8 Å². The molecule has 34 heavy (non-hydrogen) atoms. The molecule has 0 amide bonds. The largest absolute Gasteiger partial charge is 0.478 e. The van der Waals surface area contributed by atoms with E-state index in [2.05, 4.69) is 38.0 Å². The van der Waals surface area contributed by atoms with Gasteiger partial charge in [-0.1, -0.05) is 0 Å². The Morgan fingerprint density at radius 1 is 0.765 bits per heavy atom. The maximum absolute atomic E-state index is 11.0. The maximum atomic E-state index is 11.0. The number of carbonyl (C=O) groups is 2. The molecule has 3 rings (SSSR count). The molecule has 0 unspecified atom stereocenters. The van der Waals surface area contributed by atoms with Crippen LogP contribution in [0.25, 0.3) is 21.9 Å². The molecule has 0 aliphatic carbocycles. The van der Waals surface area contributed by atoms with Crippen molar-refractivity contribution >= 4 is 58.7 Å². The van der Waals surface area contributed by atoms with E-state index < -0.39 is 11.9 Å². The Kier molecular flexibility index (Phi) is 14.4. The minimum atomic E-state index is -1.04. The zero-order chi connectivity index (χ0) is 23.7. The quantitative estimate of drug-likeness (QED) is 0.372. The average Bonchev–Trinajstić information content (AvgIpc) is 3.10. The Balaban J connectivity index is 0.000000651. The summed E-state index contributed by atoms with van der Waals surface area (Å²) in [5, 5.41) is 19.1. The second-order valence-electron chi connectivity index (χ2n) is 8.06. The summed E-state index contributed by atoms with van der Waals surface area (Å²) >= 11 is 0. The van der Waals surface area contributed by atoms with Gasteiger partial charge in [0.2, 0.25) is 0 Å². The highest BCUT2D eigenvalue weighted by molar-refractivity contribution is 6.09. The summed E-state index contributed by atoms with van der Waals surface area (Å²) in [6.07, 6.45) is 2.27. The van der Waals surface area contributed by atoms with Crippen LogP contribution in [-0.2, 0) is 4.74 Å². The van der Waals surface area contributed by atoms with Crippen LogP contribution in [0.5, 0.6) is 0 Å². The van der Waals surface area contributed by atoms with Crippen LogP contribution < -0.4 is 0 Å². The lowest BCUT2D eigenvalue weighted by molar-refractivity contribution is 0.0686. The van der Waals surface area contributed by atoms with Crippen molar-refractivity contribution in [2.75, 3.05) is 54.5 Å². The standard InChI is InChI=1S/C14H8O5.C10H24N2O.2ClH/c15-13(16)7-1-3-11-9(5-7)10-6-8(14(17)18)2-4-12(10)19-11;1-11(2)7-5-9-13-10-6-8-12(3)4;;/h1-6H,(H,15,16)(H,17,18);5-10H2,1-4H3;2*1H. The first-order valence-electron chi connectivity index (χ1n) is 10.5. The van der Waals surface area contributed by atoms with E-state index in [-0.39, 0.29) is 35.9 Å². The first-order valence-corrected chi connectivity index (χ1v) is 10.5. The molecule has 0 aliphatic rings. The maximum Gasteiger partial charge on any atom is 0.335 e. The number of furan rings is 1. The molecule has 0 spiro atoms. The minimum absolute atomic E-state index is 0. The number of carboxylic acid groups (broad SMARTS) is 2. The minimum Gasteiger partial charge on any atom is -0.478 e. The predicted octanol–water partition coefficient (Wildman–Crippen LogP) is 4.73. The number of hydrogen-bond acceptors (Lipinski definition) is 6. The van der Waals surface area contributed by atoms with Crippen LogP contribution in [0.4, 0.5) is 0 Å². The molecular formula is C24H34Cl2N2O6. The van der Waals surface area contributed by atoms with Gasteiger partial charge in [0.25, 0.3) is 0 Å². The lowest BCUT2D eigenvalue weighted by Gasteiger charge is -2.11. The molecule has 0 saturated heterocycles. The molecule has 0 radical (unpaired) electrons. The average molecular weight is 517 g/mol. The number of aromatic carboxylic acids is 2. The predicted molar refractivity (Wildman–Crippen MR) is 139 cm³/mol. The van der Waals surface area contributed by atoms with E-state index in [1.807, 2.05) is 0 Å². The molecule has 1 heterocycles. The highest BCUT2D eigenvalue weighted by Crippen LogP contribution is 2.30. The second-order valence-corrected chi connectivity index (χ2v) is 8.06. The van der Waals surface area contributed by atoms with E-state index in [0.717, 1.165) is 39.1 Å². The molecule has 1 aromatic heterocycles. The van der Waals surface area contributed by atoms with E-state index in [4.69, 9.17) is 19.4 Å². The normalized spacial score (nSPS) is 10.5. The van der Waals surface area contributed by atoms with Gasteiger partial charge in [-0.05, 0) is 90.5 Å². The van der Waals surface area contributed by atoms with E-state index in [0.29, 0.717) is 21.9 Å². The Bertz CT molecular complexity index is 972. The third-order valence-corrected chi connectivity index (χ3v) is 4.75. The summed E-state index contributed by atoms with van der Waals surface area (Å²) < 4.78 is 11.0. The smallest absolute Gasteiger partial charge is 0.335 e. The second kappa shape index (κ2) is 15.5. The molecule has 0 aliphatic heterocycles. The SMILES string of the molecule is CN(C)CCCOCCCN(C)C.Cl.Cl.O=C(O)c1ccc2oc3ccc(C(=O)O)cc3c2c1. The van der Waals surface area contributed by atoms with Crippen molar-refractivity contribution < 1.29 is 29.0 Å². The van der Waals surface area contributed by atoms with Crippen molar-refractivity contribution in [1.82, 2.24) is 9.80 Å². The number of benzene rings is 2. The zero-order valence-corrected chi connectivity index (χ0v) is 21.6. The summed E-state index contributed by atoms with van der Waals surface area (Å²) in [4.78, 5) is 26.3. The lowest BCUT2D eigenvalue weighted by atomic mass is 10.1. The van der Waals surface area contributed by atoms with Gasteiger partial charge in [-0.2, -0.15) is 0 Å². The highest BCUT2D eigenvalue weighted by atomic mass is 35.5. The molecular weight excluding hydrogens is 483 g/mol. The van der Waals surface area contributed by atoms with Crippen LogP contribution in [0.1, 0.15) is 33.6 Å². The van der Waals surface area contributed by atoms with Gasteiger partial charge in [0.1, 0.15) is 11.2 Å². The molecule has 0 bridgehead atoms. The van der Waals surface area contributed by atoms with E-state index in [9.17, 15) is 9.59 Å². The molecule has 3 aromatic rings. The van der Waals surface area contributed by atoms with Crippen molar-refractivity contribution in [1.29, 1.82) is 0 Å².